The van der Waals surface area contributed by atoms with Gasteiger partial charge in [0.1, 0.15) is 30.2 Å². The zero-order chi connectivity index (χ0) is 23.3. The fourth-order valence-electron chi connectivity index (χ4n) is 3.65. The van der Waals surface area contributed by atoms with E-state index < -0.39 is 53.2 Å². The Morgan fingerprint density at radius 2 is 2.00 bits per heavy atom. The second-order valence-corrected chi connectivity index (χ2v) is 12.0. The van der Waals surface area contributed by atoms with Crippen LogP contribution < -0.4 is 5.32 Å². The van der Waals surface area contributed by atoms with E-state index in [4.69, 9.17) is 14.5 Å². The Bertz CT molecular complexity index is 1220. The monoisotopic (exact) mass is 488 g/mol. The van der Waals surface area contributed by atoms with Gasteiger partial charge in [0.05, 0.1) is 17.3 Å². The Labute approximate surface area is 181 Å². The normalized spacial score (nSPS) is 26.7. The van der Waals surface area contributed by atoms with Gasteiger partial charge in [0, 0.05) is 6.04 Å². The molecule has 4 atom stereocenters. The van der Waals surface area contributed by atoms with Crippen LogP contribution >= 0.6 is 7.60 Å². The van der Waals surface area contributed by atoms with Crippen LogP contribution in [-0.2, 0) is 19.1 Å². The van der Waals surface area contributed by atoms with E-state index in [1.165, 1.54) is 6.20 Å². The summed E-state index contributed by atoms with van der Waals surface area (Å²) in [6, 6.07) is 2.04. The lowest BCUT2D eigenvalue weighted by Gasteiger charge is -2.27. The number of aliphatic hydroxyl groups is 2. The number of nitrogens with one attached hydrogen (secondary N) is 1. The zero-order valence-electron chi connectivity index (χ0n) is 16.5. The van der Waals surface area contributed by atoms with Gasteiger partial charge in [0.2, 0.25) is 5.82 Å². The van der Waals surface area contributed by atoms with Gasteiger partial charge in [-0.3, -0.25) is 4.57 Å². The predicted molar refractivity (Wildman–Crippen MR) is 108 cm³/mol. The number of ether oxygens (including phenoxy) is 1. The molecule has 32 heavy (non-hydrogen) atoms. The fraction of sp³-hybridized carbons (Fsp3) is 0.625. The summed E-state index contributed by atoms with van der Waals surface area (Å²) in [6.07, 6.45) is -1.73. The molecule has 2 aromatic heterocycles. The van der Waals surface area contributed by atoms with E-state index in [1.54, 1.807) is 0 Å². The van der Waals surface area contributed by atoms with Crippen molar-refractivity contribution < 1.29 is 37.7 Å². The third-order valence-electron chi connectivity index (χ3n) is 5.36. The predicted octanol–water partition coefficient (Wildman–Crippen LogP) is -1.17. The van der Waals surface area contributed by atoms with Crippen LogP contribution in [0.5, 0.6) is 0 Å². The van der Waals surface area contributed by atoms with Gasteiger partial charge in [-0.15, -0.1) is 0 Å². The number of sulfone groups is 1. The maximum absolute atomic E-state index is 12.1. The Hall–Kier alpha value is -2.18. The number of nitrogens with zero attached hydrogens (tertiary/aromatic N) is 5. The van der Waals surface area contributed by atoms with Gasteiger partial charge < -0.3 is 30.1 Å². The van der Waals surface area contributed by atoms with Crippen molar-refractivity contribution >= 4 is 34.3 Å². The lowest BCUT2D eigenvalue weighted by atomic mass is 9.93. The second-order valence-electron chi connectivity index (χ2n) is 7.86. The number of aromatic nitrogens is 4. The summed E-state index contributed by atoms with van der Waals surface area (Å²) >= 11 is 0. The molecular weight excluding hydrogens is 467 g/mol. The van der Waals surface area contributed by atoms with Crippen LogP contribution in [0.15, 0.2) is 6.20 Å². The Morgan fingerprint density at radius 3 is 2.59 bits per heavy atom. The Morgan fingerprint density at radius 1 is 1.28 bits per heavy atom. The molecule has 4 rings (SSSR count). The number of anilines is 1. The molecule has 5 N–H and O–H groups in total. The van der Waals surface area contributed by atoms with E-state index in [1.807, 2.05) is 6.07 Å². The lowest BCUT2D eigenvalue weighted by molar-refractivity contribution is -0.0364. The smallest absolute Gasteiger partial charge is 0.340 e. The molecule has 3 heterocycles. The molecule has 14 nitrogen and oxygen atoms in total. The number of fused-ring (bicyclic) bond motifs is 1. The van der Waals surface area contributed by atoms with Crippen LogP contribution in [0.3, 0.4) is 0 Å². The molecule has 0 spiro atoms. The van der Waals surface area contributed by atoms with E-state index in [-0.39, 0.29) is 17.5 Å². The number of nitriles is 1. The van der Waals surface area contributed by atoms with Gasteiger partial charge >= 0.3 is 7.60 Å². The van der Waals surface area contributed by atoms with E-state index in [9.17, 15) is 28.5 Å². The Balaban J connectivity index is 1.63. The molecule has 2 fully saturated rings. The fourth-order valence-corrected chi connectivity index (χ4v) is 6.89. The molecule has 2 aliphatic rings. The van der Waals surface area contributed by atoms with Gasteiger partial charge in [-0.25, -0.2) is 18.1 Å². The van der Waals surface area contributed by atoms with Crippen molar-refractivity contribution in [2.75, 3.05) is 16.6 Å². The molecule has 0 aromatic carbocycles. The number of hydrogen-bond acceptors (Lipinski definition) is 11. The first kappa shape index (κ1) is 23.0. The molecule has 0 bridgehead atoms. The summed E-state index contributed by atoms with van der Waals surface area (Å²) in [7, 11) is -9.17. The second kappa shape index (κ2) is 8.31. The first-order valence-electron chi connectivity index (χ1n) is 9.66. The van der Waals surface area contributed by atoms with Gasteiger partial charge in [-0.1, -0.05) is 0 Å². The highest BCUT2D eigenvalue weighted by Crippen LogP contribution is 2.38. The van der Waals surface area contributed by atoms with Gasteiger partial charge in [-0.05, 0) is 19.3 Å². The van der Waals surface area contributed by atoms with Gasteiger partial charge in [0.25, 0.3) is 0 Å². The van der Waals surface area contributed by atoms with E-state index in [0.29, 0.717) is 11.2 Å². The summed E-state index contributed by atoms with van der Waals surface area (Å²) in [5.41, 5.74) is -1.28. The van der Waals surface area contributed by atoms with Crippen molar-refractivity contribution in [1.29, 1.82) is 5.26 Å². The summed E-state index contributed by atoms with van der Waals surface area (Å²) in [4.78, 5) is 26.2. The van der Waals surface area contributed by atoms with Crippen molar-refractivity contribution in [3.05, 3.63) is 12.0 Å². The number of rotatable bonds is 7. The molecule has 16 heteroatoms. The minimum absolute atomic E-state index is 0.133. The zero-order valence-corrected chi connectivity index (χ0v) is 18.2. The minimum atomic E-state index is -4.86. The van der Waals surface area contributed by atoms with Crippen molar-refractivity contribution in [1.82, 2.24) is 19.7 Å². The van der Waals surface area contributed by atoms with E-state index in [0.717, 1.165) is 23.9 Å². The molecule has 1 saturated heterocycles. The maximum Gasteiger partial charge on any atom is 0.340 e. The molecule has 1 aliphatic heterocycles. The average Bonchev–Trinajstić information content (AvgIpc) is 3.18. The molecule has 0 unspecified atom stereocenters. The van der Waals surface area contributed by atoms with Crippen molar-refractivity contribution in [3.8, 4) is 6.07 Å². The SMILES string of the molecule is N#Cc1nc(NC2CCC2)c2cnn([C@@H]3O[C@H](CS(=O)(=O)CP(=O)(O)O)[C@@H](O)[C@H]3O)c2n1. The highest BCUT2D eigenvalue weighted by atomic mass is 32.2. The summed E-state index contributed by atoms with van der Waals surface area (Å²) in [5, 5.41) is 37.9. The van der Waals surface area contributed by atoms with Crippen LogP contribution in [0, 0.1) is 11.3 Å². The third-order valence-corrected chi connectivity index (χ3v) is 9.12. The van der Waals surface area contributed by atoms with Crippen molar-refractivity contribution in [3.63, 3.8) is 0 Å². The first-order chi connectivity index (χ1) is 15.0. The van der Waals surface area contributed by atoms with E-state index in [2.05, 4.69) is 20.4 Å². The summed E-state index contributed by atoms with van der Waals surface area (Å²) < 4.78 is 41.8. The quantitative estimate of drug-likeness (QED) is 0.290. The molecule has 0 radical (unpaired) electrons. The molecule has 1 aliphatic carbocycles. The molecular formula is C16H21N6O8PS. The standard InChI is InChI=1S/C16H21N6O8PS/c17-4-11-20-14(19-8-2-1-3-8)9-5-18-22(15(9)21-11)16-13(24)12(23)10(30-16)6-32(28,29)7-31(25,26)27/h5,8,10,12-13,16,23-24H,1-3,6-7H2,(H,19,20,21)(H2,25,26,27)/t10-,12-,13-,16-/m1/s1. The van der Waals surface area contributed by atoms with Crippen LogP contribution in [0.1, 0.15) is 31.3 Å². The third kappa shape index (κ3) is 4.62. The molecule has 1 saturated carbocycles. The van der Waals surface area contributed by atoms with Crippen molar-refractivity contribution in [2.24, 2.45) is 0 Å². The topological polar surface area (TPSA) is 221 Å². The minimum Gasteiger partial charge on any atom is -0.387 e. The summed E-state index contributed by atoms with van der Waals surface area (Å²) in [5.74, 6) is -0.690. The Kier molecular flexibility index (Phi) is 5.97. The average molecular weight is 488 g/mol. The molecule has 0 amide bonds. The van der Waals surface area contributed by atoms with Gasteiger partial charge in [0.15, 0.2) is 27.2 Å². The number of hydrogen-bond donors (Lipinski definition) is 5. The highest BCUT2D eigenvalue weighted by Gasteiger charge is 2.47. The van der Waals surface area contributed by atoms with Crippen molar-refractivity contribution in [2.45, 2.75) is 49.8 Å². The summed E-state index contributed by atoms with van der Waals surface area (Å²) in [6.45, 7) is 0. The molecule has 2 aromatic rings. The highest BCUT2D eigenvalue weighted by molar-refractivity contribution is 7.97. The molecule has 174 valence electrons. The van der Waals surface area contributed by atoms with Crippen LogP contribution in [-0.4, -0.2) is 83.8 Å². The maximum atomic E-state index is 12.1. The van der Waals surface area contributed by atoms with Gasteiger partial charge in [-0.2, -0.15) is 15.3 Å². The lowest BCUT2D eigenvalue weighted by Crippen LogP contribution is -2.36. The number of aliphatic hydroxyl groups excluding tert-OH is 2. The van der Waals surface area contributed by atoms with Crippen LogP contribution in [0.25, 0.3) is 11.0 Å². The van der Waals surface area contributed by atoms with Crippen LogP contribution in [0.4, 0.5) is 5.82 Å². The van der Waals surface area contributed by atoms with E-state index >= 15 is 0 Å². The first-order valence-corrected chi connectivity index (χ1v) is 13.3. The largest absolute Gasteiger partial charge is 0.387 e. The van der Waals surface area contributed by atoms with Crippen LogP contribution in [0.2, 0.25) is 0 Å².